The fraction of sp³-hybridized carbons (Fsp3) is 0.316. The van der Waals surface area contributed by atoms with E-state index in [4.69, 9.17) is 4.74 Å². The Bertz CT molecular complexity index is 710. The van der Waals surface area contributed by atoms with E-state index in [9.17, 15) is 15.0 Å². The highest BCUT2D eigenvalue weighted by molar-refractivity contribution is 5.78. The van der Waals surface area contributed by atoms with E-state index in [2.05, 4.69) is 0 Å². The number of ether oxygens (including phenoxy) is 1. The Hall–Kier alpha value is -2.53. The second kappa shape index (κ2) is 7.36. The molecule has 0 saturated carbocycles. The molecule has 126 valence electrons. The van der Waals surface area contributed by atoms with Crippen LogP contribution in [0.1, 0.15) is 23.5 Å². The predicted octanol–water partition coefficient (Wildman–Crippen LogP) is 2.48. The largest absolute Gasteiger partial charge is 0.508 e. The molecular weight excluding hydrogens is 306 g/mol. The van der Waals surface area contributed by atoms with Crippen LogP contribution in [0.4, 0.5) is 0 Å². The van der Waals surface area contributed by atoms with Crippen LogP contribution in [0.2, 0.25) is 0 Å². The zero-order valence-electron chi connectivity index (χ0n) is 13.4. The summed E-state index contributed by atoms with van der Waals surface area (Å²) in [6.07, 6.45) is 0.237. The summed E-state index contributed by atoms with van der Waals surface area (Å²) in [4.78, 5) is 14.5. The van der Waals surface area contributed by atoms with Gasteiger partial charge in [-0.15, -0.1) is 0 Å². The molecule has 1 fully saturated rings. The van der Waals surface area contributed by atoms with Crippen LogP contribution in [-0.2, 0) is 9.53 Å². The Morgan fingerprint density at radius 1 is 1.08 bits per heavy atom. The average molecular weight is 327 g/mol. The molecule has 2 N–H and O–H groups in total. The molecule has 1 unspecified atom stereocenters. The minimum Gasteiger partial charge on any atom is -0.508 e. The van der Waals surface area contributed by atoms with E-state index in [1.165, 1.54) is 0 Å². The summed E-state index contributed by atoms with van der Waals surface area (Å²) >= 11 is 0. The molecular formula is C19H21NO4. The molecule has 1 aliphatic rings. The first kappa shape index (κ1) is 16.3. The maximum atomic E-state index is 12.7. The number of hydrogen-bond donors (Lipinski definition) is 2. The van der Waals surface area contributed by atoms with Gasteiger partial charge in [0.1, 0.15) is 11.5 Å². The summed E-state index contributed by atoms with van der Waals surface area (Å²) in [5, 5.41) is 20.0. The molecule has 0 radical (unpaired) electrons. The molecule has 2 aromatic carbocycles. The summed E-state index contributed by atoms with van der Waals surface area (Å²) in [7, 11) is 0. The van der Waals surface area contributed by atoms with Crippen molar-refractivity contribution in [3.8, 4) is 11.5 Å². The number of amides is 1. The van der Waals surface area contributed by atoms with Gasteiger partial charge in [-0.2, -0.15) is 0 Å². The topological polar surface area (TPSA) is 70.0 Å². The van der Waals surface area contributed by atoms with Crippen molar-refractivity contribution in [3.63, 3.8) is 0 Å². The van der Waals surface area contributed by atoms with Gasteiger partial charge in [-0.3, -0.25) is 4.79 Å². The number of carbonyl (C=O) groups is 1. The number of rotatable bonds is 4. The summed E-state index contributed by atoms with van der Waals surface area (Å²) in [5.74, 6) is 0.0101. The number of hydrogen-bond acceptors (Lipinski definition) is 4. The number of aromatic hydroxyl groups is 2. The Kier molecular flexibility index (Phi) is 5.01. The SMILES string of the molecule is O=C(CC(c1cccc(O)c1)c1ccccc1O)N1CCOCC1. The summed E-state index contributed by atoms with van der Waals surface area (Å²) < 4.78 is 5.29. The Morgan fingerprint density at radius 3 is 2.54 bits per heavy atom. The van der Waals surface area contributed by atoms with Crippen LogP contribution in [-0.4, -0.2) is 47.3 Å². The molecule has 3 rings (SSSR count). The molecule has 2 aromatic rings. The molecule has 1 amide bonds. The van der Waals surface area contributed by atoms with Crippen molar-refractivity contribution in [2.24, 2.45) is 0 Å². The van der Waals surface area contributed by atoms with Gasteiger partial charge in [0.2, 0.25) is 5.91 Å². The van der Waals surface area contributed by atoms with Crippen LogP contribution in [0.5, 0.6) is 11.5 Å². The molecule has 1 aliphatic heterocycles. The lowest BCUT2D eigenvalue weighted by Gasteiger charge is -2.29. The lowest BCUT2D eigenvalue weighted by atomic mass is 9.87. The molecule has 0 aliphatic carbocycles. The van der Waals surface area contributed by atoms with Gasteiger partial charge in [0.05, 0.1) is 13.2 Å². The van der Waals surface area contributed by atoms with E-state index in [1.54, 1.807) is 35.2 Å². The zero-order chi connectivity index (χ0) is 16.9. The van der Waals surface area contributed by atoms with Crippen molar-refractivity contribution >= 4 is 5.91 Å². The lowest BCUT2D eigenvalue weighted by Crippen LogP contribution is -2.41. The van der Waals surface area contributed by atoms with Crippen LogP contribution in [0.15, 0.2) is 48.5 Å². The van der Waals surface area contributed by atoms with Crippen molar-refractivity contribution in [1.82, 2.24) is 4.90 Å². The van der Waals surface area contributed by atoms with E-state index < -0.39 is 0 Å². The third-order valence-electron chi connectivity index (χ3n) is 4.33. The van der Waals surface area contributed by atoms with Crippen molar-refractivity contribution in [2.75, 3.05) is 26.3 Å². The highest BCUT2D eigenvalue weighted by atomic mass is 16.5. The van der Waals surface area contributed by atoms with Gasteiger partial charge in [-0.05, 0) is 23.8 Å². The van der Waals surface area contributed by atoms with Gasteiger partial charge >= 0.3 is 0 Å². The fourth-order valence-electron chi connectivity index (χ4n) is 3.05. The van der Waals surface area contributed by atoms with Crippen LogP contribution in [0, 0.1) is 0 Å². The third kappa shape index (κ3) is 3.68. The maximum absolute atomic E-state index is 12.7. The highest BCUT2D eigenvalue weighted by Crippen LogP contribution is 2.35. The van der Waals surface area contributed by atoms with Gasteiger partial charge in [-0.25, -0.2) is 0 Å². The van der Waals surface area contributed by atoms with E-state index in [-0.39, 0.29) is 29.7 Å². The molecule has 1 saturated heterocycles. The van der Waals surface area contributed by atoms with Crippen LogP contribution in [0.3, 0.4) is 0 Å². The number of phenols is 2. The molecule has 24 heavy (non-hydrogen) atoms. The van der Waals surface area contributed by atoms with Crippen LogP contribution in [0.25, 0.3) is 0 Å². The average Bonchev–Trinajstić information content (AvgIpc) is 2.61. The van der Waals surface area contributed by atoms with Gasteiger partial charge in [0.15, 0.2) is 0 Å². The Morgan fingerprint density at radius 2 is 1.83 bits per heavy atom. The van der Waals surface area contributed by atoms with Gasteiger partial charge in [-0.1, -0.05) is 30.3 Å². The fourth-order valence-corrected chi connectivity index (χ4v) is 3.05. The van der Waals surface area contributed by atoms with Crippen molar-refractivity contribution in [2.45, 2.75) is 12.3 Å². The minimum atomic E-state index is -0.311. The molecule has 1 heterocycles. The number of carbonyl (C=O) groups excluding carboxylic acids is 1. The smallest absolute Gasteiger partial charge is 0.223 e. The van der Waals surface area contributed by atoms with Crippen molar-refractivity contribution in [3.05, 3.63) is 59.7 Å². The predicted molar refractivity (Wildman–Crippen MR) is 90.1 cm³/mol. The van der Waals surface area contributed by atoms with Crippen molar-refractivity contribution in [1.29, 1.82) is 0 Å². The van der Waals surface area contributed by atoms with Gasteiger partial charge in [0, 0.05) is 31.0 Å². The normalized spacial score (nSPS) is 15.9. The summed E-state index contributed by atoms with van der Waals surface area (Å²) in [6, 6.07) is 13.9. The number of para-hydroxylation sites is 1. The summed E-state index contributed by atoms with van der Waals surface area (Å²) in [5.41, 5.74) is 1.49. The highest BCUT2D eigenvalue weighted by Gasteiger charge is 2.25. The number of morpholine rings is 1. The van der Waals surface area contributed by atoms with Crippen LogP contribution >= 0.6 is 0 Å². The second-order valence-corrected chi connectivity index (χ2v) is 5.90. The van der Waals surface area contributed by atoms with Crippen LogP contribution < -0.4 is 0 Å². The molecule has 0 aromatic heterocycles. The Labute approximate surface area is 141 Å². The standard InChI is InChI=1S/C19H21NO4/c21-15-5-3-4-14(12-15)17(16-6-1-2-7-18(16)22)13-19(23)20-8-10-24-11-9-20/h1-7,12,17,21-22H,8-11,13H2. The number of benzene rings is 2. The lowest BCUT2D eigenvalue weighted by molar-refractivity contribution is -0.135. The first-order valence-corrected chi connectivity index (χ1v) is 8.07. The zero-order valence-corrected chi connectivity index (χ0v) is 13.4. The molecule has 1 atom stereocenters. The minimum absolute atomic E-state index is 0.0231. The Balaban J connectivity index is 1.90. The number of nitrogens with zero attached hydrogens (tertiary/aromatic N) is 1. The maximum Gasteiger partial charge on any atom is 0.223 e. The molecule has 0 bridgehead atoms. The number of phenolic OH excluding ortho intramolecular Hbond substituents is 2. The first-order chi connectivity index (χ1) is 11.6. The van der Waals surface area contributed by atoms with E-state index in [0.29, 0.717) is 31.9 Å². The molecule has 0 spiro atoms. The van der Waals surface area contributed by atoms with E-state index in [0.717, 1.165) is 5.56 Å². The van der Waals surface area contributed by atoms with E-state index >= 15 is 0 Å². The molecule has 5 nitrogen and oxygen atoms in total. The monoisotopic (exact) mass is 327 g/mol. The van der Waals surface area contributed by atoms with E-state index in [1.807, 2.05) is 18.2 Å². The quantitative estimate of drug-likeness (QED) is 0.905. The third-order valence-corrected chi connectivity index (χ3v) is 4.33. The second-order valence-electron chi connectivity index (χ2n) is 5.90. The van der Waals surface area contributed by atoms with Gasteiger partial charge in [0.25, 0.3) is 0 Å². The molecule has 5 heteroatoms. The van der Waals surface area contributed by atoms with Crippen molar-refractivity contribution < 1.29 is 19.7 Å². The summed E-state index contributed by atoms with van der Waals surface area (Å²) in [6.45, 7) is 2.29. The van der Waals surface area contributed by atoms with Gasteiger partial charge < -0.3 is 19.8 Å². The first-order valence-electron chi connectivity index (χ1n) is 8.07.